The van der Waals surface area contributed by atoms with Crippen LogP contribution in [0, 0.1) is 0 Å². The van der Waals surface area contributed by atoms with Gasteiger partial charge < -0.3 is 0 Å². The maximum Gasteiger partial charge on any atom is 0.0534 e. The molecule has 0 aliphatic carbocycles. The van der Waals surface area contributed by atoms with Crippen LogP contribution in [0.1, 0.15) is 33.6 Å². The summed E-state index contributed by atoms with van der Waals surface area (Å²) in [5.41, 5.74) is 5.05. The molecule has 15 heavy (non-hydrogen) atoms. The Morgan fingerprint density at radius 2 is 1.93 bits per heavy atom. The lowest BCUT2D eigenvalue weighted by Crippen LogP contribution is -2.42. The maximum absolute atomic E-state index is 4.16. The van der Waals surface area contributed by atoms with Gasteiger partial charge >= 0.3 is 0 Å². The van der Waals surface area contributed by atoms with E-state index in [1.807, 2.05) is 0 Å². The lowest BCUT2D eigenvalue weighted by Gasteiger charge is -2.43. The summed E-state index contributed by atoms with van der Waals surface area (Å²) in [6, 6.07) is 0. The van der Waals surface area contributed by atoms with Gasteiger partial charge in [0.05, 0.1) is 5.70 Å². The molecule has 0 unspecified atom stereocenters. The van der Waals surface area contributed by atoms with Crippen molar-refractivity contribution in [2.75, 3.05) is 13.6 Å². The van der Waals surface area contributed by atoms with Gasteiger partial charge in [-0.05, 0) is 25.8 Å². The molecule has 0 bridgehead atoms. The highest BCUT2D eigenvalue weighted by Crippen LogP contribution is 2.32. The largest absolute Gasteiger partial charge is 0.290 e. The predicted molar refractivity (Wildman–Crippen MR) is 66.0 cm³/mol. The van der Waals surface area contributed by atoms with Gasteiger partial charge in [-0.1, -0.05) is 25.7 Å². The van der Waals surface area contributed by atoms with Crippen LogP contribution in [0.4, 0.5) is 0 Å². The number of nitrogens with zero attached hydrogens (tertiary/aromatic N) is 2. The van der Waals surface area contributed by atoms with Gasteiger partial charge in [0.2, 0.25) is 0 Å². The number of hydrogen-bond donors (Lipinski definition) is 0. The Hall–Kier alpha value is -1.18. The molecule has 2 nitrogen and oxygen atoms in total. The van der Waals surface area contributed by atoms with E-state index < -0.39 is 0 Å². The van der Waals surface area contributed by atoms with Gasteiger partial charge in [0.1, 0.15) is 0 Å². The first-order chi connectivity index (χ1) is 7.02. The molecule has 0 spiro atoms. The van der Waals surface area contributed by atoms with Crippen molar-refractivity contribution in [1.82, 2.24) is 10.0 Å². The molecule has 0 aromatic rings. The standard InChI is InChI=1S/C13H22N2/c1-7-10(3)13-9-11(4)15(8-2)14(6)12(13)5/h4-5,7-9H2,1-3,6H3/b13-10-. The minimum Gasteiger partial charge on any atom is -0.290 e. The molecule has 0 atom stereocenters. The van der Waals surface area contributed by atoms with E-state index >= 15 is 0 Å². The first kappa shape index (κ1) is 11.9. The molecule has 2 heteroatoms. The molecular formula is C13H22N2. The van der Waals surface area contributed by atoms with E-state index in [0.29, 0.717) is 0 Å². The van der Waals surface area contributed by atoms with Crippen LogP contribution in [-0.2, 0) is 0 Å². The Balaban J connectivity index is 3.02. The minimum atomic E-state index is 0.941. The average molecular weight is 206 g/mol. The Morgan fingerprint density at radius 1 is 1.33 bits per heavy atom. The molecule has 0 aromatic carbocycles. The summed E-state index contributed by atoms with van der Waals surface area (Å²) in [5.74, 6) is 0. The van der Waals surface area contributed by atoms with E-state index in [0.717, 1.165) is 30.8 Å². The molecular weight excluding hydrogens is 184 g/mol. The smallest absolute Gasteiger partial charge is 0.0534 e. The van der Waals surface area contributed by atoms with E-state index in [-0.39, 0.29) is 0 Å². The normalized spacial score (nSPS) is 21.1. The number of hydrogen-bond acceptors (Lipinski definition) is 2. The van der Waals surface area contributed by atoms with Crippen molar-refractivity contribution in [3.63, 3.8) is 0 Å². The van der Waals surface area contributed by atoms with Crippen molar-refractivity contribution in [1.29, 1.82) is 0 Å². The summed E-state index contributed by atoms with van der Waals surface area (Å²) in [5, 5.41) is 4.29. The van der Waals surface area contributed by atoms with E-state index in [2.05, 4.69) is 51.0 Å². The molecule has 0 saturated carbocycles. The van der Waals surface area contributed by atoms with Gasteiger partial charge in [-0.25, -0.2) is 0 Å². The van der Waals surface area contributed by atoms with Crippen LogP contribution < -0.4 is 0 Å². The maximum atomic E-state index is 4.16. The first-order valence-corrected chi connectivity index (χ1v) is 5.59. The van der Waals surface area contributed by atoms with E-state index in [4.69, 9.17) is 0 Å². The fourth-order valence-electron chi connectivity index (χ4n) is 2.00. The molecule has 1 heterocycles. The molecule has 84 valence electrons. The van der Waals surface area contributed by atoms with Crippen molar-refractivity contribution < 1.29 is 0 Å². The highest BCUT2D eigenvalue weighted by atomic mass is 15.6. The fourth-order valence-corrected chi connectivity index (χ4v) is 2.00. The third-order valence-electron chi connectivity index (χ3n) is 3.19. The Bertz CT molecular complexity index is 312. The Kier molecular flexibility index (Phi) is 3.61. The Morgan fingerprint density at radius 3 is 2.40 bits per heavy atom. The van der Waals surface area contributed by atoms with Gasteiger partial charge in [-0.3, -0.25) is 10.0 Å². The molecule has 0 N–H and O–H groups in total. The van der Waals surface area contributed by atoms with Crippen LogP contribution >= 0.6 is 0 Å². The van der Waals surface area contributed by atoms with Gasteiger partial charge in [-0.2, -0.15) is 0 Å². The second kappa shape index (κ2) is 4.56. The topological polar surface area (TPSA) is 6.48 Å². The first-order valence-electron chi connectivity index (χ1n) is 5.59. The van der Waals surface area contributed by atoms with Crippen LogP contribution in [-0.4, -0.2) is 23.6 Å². The number of hydrazine groups is 1. The molecule has 1 aliphatic heterocycles. The number of allylic oxidation sites excluding steroid dienone is 3. The minimum absolute atomic E-state index is 0.941. The third kappa shape index (κ3) is 2.09. The summed E-state index contributed by atoms with van der Waals surface area (Å²) in [6.07, 6.45) is 2.03. The van der Waals surface area contributed by atoms with Crippen LogP contribution in [0.2, 0.25) is 0 Å². The molecule has 0 aromatic heterocycles. The molecule has 1 fully saturated rings. The van der Waals surface area contributed by atoms with Gasteiger partial charge in [0.15, 0.2) is 0 Å². The number of likely N-dealkylation sites (N-methyl/N-ethyl adjacent to an activating group) is 1. The Labute approximate surface area is 93.5 Å². The summed E-state index contributed by atoms with van der Waals surface area (Å²) in [6.45, 7) is 15.7. The zero-order chi connectivity index (χ0) is 11.6. The van der Waals surface area contributed by atoms with E-state index in [9.17, 15) is 0 Å². The van der Waals surface area contributed by atoms with Crippen molar-refractivity contribution in [3.8, 4) is 0 Å². The highest BCUT2D eigenvalue weighted by Gasteiger charge is 2.24. The highest BCUT2D eigenvalue weighted by molar-refractivity contribution is 5.37. The van der Waals surface area contributed by atoms with E-state index in [1.54, 1.807) is 0 Å². The second-order valence-corrected chi connectivity index (χ2v) is 4.04. The van der Waals surface area contributed by atoms with E-state index in [1.165, 1.54) is 11.1 Å². The molecule has 1 aliphatic rings. The van der Waals surface area contributed by atoms with Gasteiger partial charge in [-0.15, -0.1) is 0 Å². The van der Waals surface area contributed by atoms with Crippen molar-refractivity contribution in [2.45, 2.75) is 33.6 Å². The van der Waals surface area contributed by atoms with Crippen LogP contribution in [0.3, 0.4) is 0 Å². The van der Waals surface area contributed by atoms with Crippen molar-refractivity contribution in [3.05, 3.63) is 35.7 Å². The summed E-state index contributed by atoms with van der Waals surface area (Å²) in [7, 11) is 2.05. The zero-order valence-electron chi connectivity index (χ0n) is 10.4. The lowest BCUT2D eigenvalue weighted by molar-refractivity contribution is 0.0688. The molecule has 0 radical (unpaired) electrons. The van der Waals surface area contributed by atoms with Gasteiger partial charge in [0.25, 0.3) is 0 Å². The van der Waals surface area contributed by atoms with Gasteiger partial charge in [0, 0.05) is 25.7 Å². The predicted octanol–water partition coefficient (Wildman–Crippen LogP) is 3.31. The summed E-state index contributed by atoms with van der Waals surface area (Å²) in [4.78, 5) is 0. The van der Waals surface area contributed by atoms with Crippen molar-refractivity contribution >= 4 is 0 Å². The SMILES string of the molecule is C=C1/C(=C(/C)CC)CC(=C)N(CC)N1C. The quantitative estimate of drug-likeness (QED) is 0.684. The lowest BCUT2D eigenvalue weighted by atomic mass is 9.98. The van der Waals surface area contributed by atoms with Crippen LogP contribution in [0.25, 0.3) is 0 Å². The molecule has 0 amide bonds. The number of rotatable bonds is 2. The van der Waals surface area contributed by atoms with Crippen LogP contribution in [0.15, 0.2) is 35.7 Å². The van der Waals surface area contributed by atoms with Crippen LogP contribution in [0.5, 0.6) is 0 Å². The fraction of sp³-hybridized carbons (Fsp3) is 0.538. The molecule has 1 saturated heterocycles. The molecule has 1 rings (SSSR count). The summed E-state index contributed by atoms with van der Waals surface area (Å²) < 4.78 is 0. The van der Waals surface area contributed by atoms with Crippen molar-refractivity contribution in [2.24, 2.45) is 0 Å². The summed E-state index contributed by atoms with van der Waals surface area (Å²) >= 11 is 0. The average Bonchev–Trinajstić information content (AvgIpc) is 2.23. The zero-order valence-corrected chi connectivity index (χ0v) is 10.4. The third-order valence-corrected chi connectivity index (χ3v) is 3.19. The monoisotopic (exact) mass is 206 g/mol. The second-order valence-electron chi connectivity index (χ2n) is 4.04.